The lowest BCUT2D eigenvalue weighted by Gasteiger charge is -2.08. The Morgan fingerprint density at radius 1 is 1.00 bits per heavy atom. The molecule has 2 aromatic carbocycles. The van der Waals surface area contributed by atoms with Gasteiger partial charge in [0.1, 0.15) is 28.8 Å². The van der Waals surface area contributed by atoms with Gasteiger partial charge >= 0.3 is 0 Å². The van der Waals surface area contributed by atoms with Gasteiger partial charge in [0.25, 0.3) is 5.91 Å². The number of methoxy groups -OCH3 is 3. The SMILES string of the molecule is COc1cc(OC)cc(C2=N/C(=C/c3ccc(OC)c(Cl)c3)C(=O)N2)c1. The number of carbonyl (C=O) groups is 1. The molecule has 0 aliphatic carbocycles. The summed E-state index contributed by atoms with van der Waals surface area (Å²) in [6.45, 7) is 0. The first kappa shape index (κ1) is 17.8. The lowest BCUT2D eigenvalue weighted by atomic mass is 10.2. The third kappa shape index (κ3) is 3.65. The number of carbonyl (C=O) groups excluding carboxylic acids is 1. The number of ether oxygens (including phenoxy) is 3. The predicted molar refractivity (Wildman–Crippen MR) is 100 cm³/mol. The minimum absolute atomic E-state index is 0.281. The normalized spacial score (nSPS) is 14.8. The van der Waals surface area contributed by atoms with Crippen molar-refractivity contribution in [3.05, 3.63) is 58.2 Å². The van der Waals surface area contributed by atoms with Crippen molar-refractivity contribution in [2.45, 2.75) is 0 Å². The van der Waals surface area contributed by atoms with E-state index in [1.807, 2.05) is 0 Å². The van der Waals surface area contributed by atoms with Crippen LogP contribution < -0.4 is 19.5 Å². The van der Waals surface area contributed by atoms with Crippen molar-refractivity contribution in [3.8, 4) is 17.2 Å². The summed E-state index contributed by atoms with van der Waals surface area (Å²) >= 11 is 6.12. The number of hydrogen-bond donors (Lipinski definition) is 1. The minimum atomic E-state index is -0.297. The second-order valence-electron chi connectivity index (χ2n) is 5.44. The maximum absolute atomic E-state index is 12.3. The zero-order chi connectivity index (χ0) is 18.7. The molecule has 1 aliphatic heterocycles. The van der Waals surface area contributed by atoms with E-state index in [1.54, 1.807) is 63.8 Å². The molecule has 0 fully saturated rings. The Morgan fingerprint density at radius 2 is 1.69 bits per heavy atom. The van der Waals surface area contributed by atoms with Gasteiger partial charge in [-0.15, -0.1) is 0 Å². The number of amidine groups is 1. The Hall–Kier alpha value is -2.99. The standard InChI is InChI=1S/C19H17ClN2O4/c1-24-13-8-12(9-14(10-13)25-2)18-21-16(19(23)22-18)7-11-4-5-17(26-3)15(20)6-11/h4-10H,1-3H3,(H,21,22,23)/b16-7+. The highest BCUT2D eigenvalue weighted by Crippen LogP contribution is 2.27. The van der Waals surface area contributed by atoms with Crippen LogP contribution in [0.25, 0.3) is 6.08 Å². The van der Waals surface area contributed by atoms with Crippen LogP contribution >= 0.6 is 11.6 Å². The van der Waals surface area contributed by atoms with E-state index >= 15 is 0 Å². The molecule has 6 nitrogen and oxygen atoms in total. The van der Waals surface area contributed by atoms with Crippen molar-refractivity contribution in [1.29, 1.82) is 0 Å². The van der Waals surface area contributed by atoms with Gasteiger partial charge in [-0.1, -0.05) is 17.7 Å². The highest BCUT2D eigenvalue weighted by atomic mass is 35.5. The number of nitrogens with zero attached hydrogens (tertiary/aromatic N) is 1. The van der Waals surface area contributed by atoms with Crippen molar-refractivity contribution in [2.75, 3.05) is 21.3 Å². The number of benzene rings is 2. The third-order valence-electron chi connectivity index (χ3n) is 3.80. The molecule has 0 radical (unpaired) electrons. The fourth-order valence-corrected chi connectivity index (χ4v) is 2.75. The summed E-state index contributed by atoms with van der Waals surface area (Å²) in [5, 5.41) is 3.21. The lowest BCUT2D eigenvalue weighted by Crippen LogP contribution is -2.24. The molecule has 7 heteroatoms. The monoisotopic (exact) mass is 372 g/mol. The smallest absolute Gasteiger partial charge is 0.275 e. The molecule has 0 saturated carbocycles. The third-order valence-corrected chi connectivity index (χ3v) is 4.10. The summed E-state index contributed by atoms with van der Waals surface area (Å²) in [7, 11) is 4.67. The molecule has 26 heavy (non-hydrogen) atoms. The highest BCUT2D eigenvalue weighted by Gasteiger charge is 2.22. The summed E-state index contributed by atoms with van der Waals surface area (Å²) < 4.78 is 15.6. The fraction of sp³-hybridized carbons (Fsp3) is 0.158. The van der Waals surface area contributed by atoms with Crippen LogP contribution in [0.15, 0.2) is 47.1 Å². The molecular weight excluding hydrogens is 356 g/mol. The molecular formula is C19H17ClN2O4. The van der Waals surface area contributed by atoms with Crippen LogP contribution in [-0.4, -0.2) is 33.1 Å². The second-order valence-corrected chi connectivity index (χ2v) is 5.85. The number of aliphatic imine (C=N–C) groups is 1. The lowest BCUT2D eigenvalue weighted by molar-refractivity contribution is -0.115. The number of amides is 1. The number of hydrogen-bond acceptors (Lipinski definition) is 5. The second kappa shape index (κ2) is 7.49. The molecule has 1 heterocycles. The van der Waals surface area contributed by atoms with Crippen LogP contribution in [0.4, 0.5) is 0 Å². The van der Waals surface area contributed by atoms with E-state index in [-0.39, 0.29) is 11.6 Å². The maximum Gasteiger partial charge on any atom is 0.275 e. The Kier molecular flexibility index (Phi) is 5.14. The van der Waals surface area contributed by atoms with Gasteiger partial charge in [-0.3, -0.25) is 4.79 Å². The van der Waals surface area contributed by atoms with E-state index in [9.17, 15) is 4.79 Å². The van der Waals surface area contributed by atoms with Crippen LogP contribution in [0.1, 0.15) is 11.1 Å². The topological polar surface area (TPSA) is 69.1 Å². The summed E-state index contributed by atoms with van der Waals surface area (Å²) in [5.41, 5.74) is 1.71. The Bertz CT molecular complexity index is 900. The van der Waals surface area contributed by atoms with Gasteiger partial charge in [0.15, 0.2) is 0 Å². The van der Waals surface area contributed by atoms with Gasteiger partial charge in [-0.25, -0.2) is 4.99 Å². The quantitative estimate of drug-likeness (QED) is 0.818. The molecule has 0 saturated heterocycles. The van der Waals surface area contributed by atoms with Crippen LogP contribution in [0, 0.1) is 0 Å². The fourth-order valence-electron chi connectivity index (χ4n) is 2.48. The molecule has 0 spiro atoms. The van der Waals surface area contributed by atoms with Crippen LogP contribution in [0.2, 0.25) is 5.02 Å². The molecule has 3 rings (SSSR count). The van der Waals surface area contributed by atoms with Crippen molar-refractivity contribution in [2.24, 2.45) is 4.99 Å². The molecule has 0 atom stereocenters. The zero-order valence-electron chi connectivity index (χ0n) is 14.5. The van der Waals surface area contributed by atoms with E-state index in [0.29, 0.717) is 33.7 Å². The zero-order valence-corrected chi connectivity index (χ0v) is 15.3. The predicted octanol–water partition coefficient (Wildman–Crippen LogP) is 3.28. The van der Waals surface area contributed by atoms with E-state index in [0.717, 1.165) is 5.56 Å². The molecule has 1 aliphatic rings. The van der Waals surface area contributed by atoms with E-state index in [4.69, 9.17) is 25.8 Å². The van der Waals surface area contributed by atoms with Crippen LogP contribution in [-0.2, 0) is 4.79 Å². The summed E-state index contributed by atoms with van der Waals surface area (Å²) in [6.07, 6.45) is 1.66. The molecule has 2 aromatic rings. The van der Waals surface area contributed by atoms with Gasteiger partial charge in [-0.05, 0) is 35.9 Å². The number of halogens is 1. The summed E-state index contributed by atoms with van der Waals surface area (Å²) in [4.78, 5) is 16.7. The molecule has 1 N–H and O–H groups in total. The van der Waals surface area contributed by atoms with Crippen LogP contribution in [0.5, 0.6) is 17.2 Å². The largest absolute Gasteiger partial charge is 0.497 e. The van der Waals surface area contributed by atoms with Gasteiger partial charge in [0.2, 0.25) is 0 Å². The Balaban J connectivity index is 1.95. The molecule has 0 unspecified atom stereocenters. The Morgan fingerprint density at radius 3 is 2.27 bits per heavy atom. The Labute approximate surface area is 156 Å². The van der Waals surface area contributed by atoms with E-state index < -0.39 is 0 Å². The molecule has 0 bridgehead atoms. The minimum Gasteiger partial charge on any atom is -0.497 e. The molecule has 134 valence electrons. The average molecular weight is 373 g/mol. The highest BCUT2D eigenvalue weighted by molar-refractivity contribution is 6.32. The number of rotatable bonds is 5. The first-order chi connectivity index (χ1) is 12.5. The van der Waals surface area contributed by atoms with Crippen molar-refractivity contribution in [1.82, 2.24) is 5.32 Å². The maximum atomic E-state index is 12.3. The van der Waals surface area contributed by atoms with Gasteiger partial charge < -0.3 is 19.5 Å². The summed E-state index contributed by atoms with van der Waals surface area (Å²) in [6, 6.07) is 10.5. The van der Waals surface area contributed by atoms with Crippen molar-refractivity contribution >= 4 is 29.4 Å². The molecule has 0 aromatic heterocycles. The molecule has 1 amide bonds. The van der Waals surface area contributed by atoms with Gasteiger partial charge in [0.05, 0.1) is 26.4 Å². The van der Waals surface area contributed by atoms with E-state index in [2.05, 4.69) is 10.3 Å². The summed E-state index contributed by atoms with van der Waals surface area (Å²) in [5.74, 6) is 1.91. The van der Waals surface area contributed by atoms with E-state index in [1.165, 1.54) is 0 Å². The first-order valence-corrected chi connectivity index (χ1v) is 8.10. The number of nitrogens with one attached hydrogen (secondary N) is 1. The van der Waals surface area contributed by atoms with Gasteiger partial charge in [0, 0.05) is 11.6 Å². The first-order valence-electron chi connectivity index (χ1n) is 7.72. The average Bonchev–Trinajstić information content (AvgIpc) is 3.02. The van der Waals surface area contributed by atoms with Crippen molar-refractivity contribution in [3.63, 3.8) is 0 Å². The van der Waals surface area contributed by atoms with Gasteiger partial charge in [-0.2, -0.15) is 0 Å². The van der Waals surface area contributed by atoms with Crippen molar-refractivity contribution < 1.29 is 19.0 Å². The van der Waals surface area contributed by atoms with Crippen LogP contribution in [0.3, 0.4) is 0 Å².